The molecule has 0 bridgehead atoms. The molecular weight excluding hydrogens is 297 g/mol. The number of rotatable bonds is 2. The molecule has 0 radical (unpaired) electrons. The standard InChI is InChI=1S/C12H17F3N2S.ClH/c1-8-9(2)17(6-5-16-8)7-10-3-4-11(18-10)12(13,14)15;/h3-4,8-9,16H,5-7H2,1-2H3;1H. The highest BCUT2D eigenvalue weighted by molar-refractivity contribution is 7.12. The molecule has 1 saturated heterocycles. The van der Waals surface area contributed by atoms with Crippen molar-refractivity contribution in [3.63, 3.8) is 0 Å². The van der Waals surface area contributed by atoms with E-state index in [1.165, 1.54) is 6.07 Å². The van der Waals surface area contributed by atoms with Crippen LogP contribution in [-0.4, -0.2) is 30.1 Å². The van der Waals surface area contributed by atoms with Gasteiger partial charge in [0, 0.05) is 36.6 Å². The van der Waals surface area contributed by atoms with Crippen molar-refractivity contribution in [2.45, 2.75) is 38.7 Å². The number of hydrogen-bond donors (Lipinski definition) is 1. The summed E-state index contributed by atoms with van der Waals surface area (Å²) in [6, 6.07) is 3.49. The van der Waals surface area contributed by atoms with E-state index >= 15 is 0 Å². The summed E-state index contributed by atoms with van der Waals surface area (Å²) in [5.41, 5.74) is 0. The highest BCUT2D eigenvalue weighted by Crippen LogP contribution is 2.35. The van der Waals surface area contributed by atoms with Gasteiger partial charge in [-0.25, -0.2) is 0 Å². The van der Waals surface area contributed by atoms with E-state index in [4.69, 9.17) is 0 Å². The topological polar surface area (TPSA) is 15.3 Å². The first kappa shape index (κ1) is 16.8. The molecule has 0 aromatic carbocycles. The Labute approximate surface area is 121 Å². The lowest BCUT2D eigenvalue weighted by molar-refractivity contribution is -0.134. The van der Waals surface area contributed by atoms with Crippen LogP contribution in [0.5, 0.6) is 0 Å². The van der Waals surface area contributed by atoms with Gasteiger partial charge in [0.1, 0.15) is 4.88 Å². The summed E-state index contributed by atoms with van der Waals surface area (Å²) in [6.07, 6.45) is -4.22. The number of alkyl halides is 3. The van der Waals surface area contributed by atoms with Crippen LogP contribution < -0.4 is 5.32 Å². The van der Waals surface area contributed by atoms with Crippen molar-refractivity contribution in [3.05, 3.63) is 21.9 Å². The highest BCUT2D eigenvalue weighted by Gasteiger charge is 2.33. The average Bonchev–Trinajstić information content (AvgIpc) is 2.73. The van der Waals surface area contributed by atoms with Gasteiger partial charge in [-0.05, 0) is 26.0 Å². The fraction of sp³-hybridized carbons (Fsp3) is 0.667. The second-order valence-electron chi connectivity index (χ2n) is 4.72. The summed E-state index contributed by atoms with van der Waals surface area (Å²) < 4.78 is 37.5. The lowest BCUT2D eigenvalue weighted by Crippen LogP contribution is -2.54. The largest absolute Gasteiger partial charge is 0.425 e. The van der Waals surface area contributed by atoms with Crippen LogP contribution in [0.1, 0.15) is 23.6 Å². The molecule has 19 heavy (non-hydrogen) atoms. The second kappa shape index (κ2) is 6.43. The monoisotopic (exact) mass is 314 g/mol. The van der Waals surface area contributed by atoms with E-state index in [2.05, 4.69) is 24.1 Å². The predicted octanol–water partition coefficient (Wildman–Crippen LogP) is 3.37. The molecule has 2 atom stereocenters. The maximum atomic E-state index is 12.5. The van der Waals surface area contributed by atoms with Crippen molar-refractivity contribution in [1.82, 2.24) is 10.2 Å². The fourth-order valence-corrected chi connectivity index (χ4v) is 3.07. The smallest absolute Gasteiger partial charge is 0.311 e. The van der Waals surface area contributed by atoms with E-state index in [0.717, 1.165) is 29.3 Å². The van der Waals surface area contributed by atoms with Gasteiger partial charge in [0.15, 0.2) is 0 Å². The molecule has 2 unspecified atom stereocenters. The summed E-state index contributed by atoms with van der Waals surface area (Å²) in [6.45, 7) is 6.59. The third kappa shape index (κ3) is 4.08. The van der Waals surface area contributed by atoms with E-state index in [9.17, 15) is 13.2 Å². The van der Waals surface area contributed by atoms with Crippen LogP contribution in [0, 0.1) is 0 Å². The number of thiophene rings is 1. The molecule has 1 aliphatic rings. The van der Waals surface area contributed by atoms with E-state index < -0.39 is 11.1 Å². The Morgan fingerprint density at radius 1 is 1.37 bits per heavy atom. The number of piperazine rings is 1. The summed E-state index contributed by atoms with van der Waals surface area (Å²) in [4.78, 5) is 2.50. The Kier molecular flexibility index (Phi) is 5.67. The lowest BCUT2D eigenvalue weighted by atomic mass is 10.1. The maximum Gasteiger partial charge on any atom is 0.425 e. The third-order valence-electron chi connectivity index (χ3n) is 3.46. The average molecular weight is 315 g/mol. The summed E-state index contributed by atoms with van der Waals surface area (Å²) in [5.74, 6) is 0. The zero-order chi connectivity index (χ0) is 13.3. The van der Waals surface area contributed by atoms with Gasteiger partial charge in [-0.2, -0.15) is 13.2 Å². The van der Waals surface area contributed by atoms with Crippen LogP contribution in [0.2, 0.25) is 0 Å². The zero-order valence-corrected chi connectivity index (χ0v) is 12.5. The van der Waals surface area contributed by atoms with Crippen molar-refractivity contribution in [2.75, 3.05) is 13.1 Å². The fourth-order valence-electron chi connectivity index (χ4n) is 2.16. The van der Waals surface area contributed by atoms with E-state index in [1.807, 2.05) is 0 Å². The minimum absolute atomic E-state index is 0. The molecule has 0 aliphatic carbocycles. The van der Waals surface area contributed by atoms with Crippen molar-refractivity contribution >= 4 is 23.7 Å². The van der Waals surface area contributed by atoms with Crippen molar-refractivity contribution < 1.29 is 13.2 Å². The lowest BCUT2D eigenvalue weighted by Gasteiger charge is -2.38. The predicted molar refractivity (Wildman–Crippen MR) is 73.9 cm³/mol. The first-order valence-electron chi connectivity index (χ1n) is 6.01. The van der Waals surface area contributed by atoms with Crippen LogP contribution >= 0.6 is 23.7 Å². The molecule has 2 heterocycles. The molecule has 7 heteroatoms. The van der Waals surface area contributed by atoms with Gasteiger partial charge < -0.3 is 5.32 Å². The van der Waals surface area contributed by atoms with Crippen LogP contribution in [-0.2, 0) is 12.7 Å². The first-order chi connectivity index (χ1) is 8.38. The van der Waals surface area contributed by atoms with E-state index in [1.54, 1.807) is 6.07 Å². The van der Waals surface area contributed by atoms with Crippen molar-refractivity contribution in [1.29, 1.82) is 0 Å². The Bertz CT molecular complexity index is 408. The Morgan fingerprint density at radius 2 is 2.05 bits per heavy atom. The number of nitrogens with one attached hydrogen (secondary N) is 1. The first-order valence-corrected chi connectivity index (χ1v) is 6.83. The molecule has 1 aromatic heterocycles. The molecule has 2 nitrogen and oxygen atoms in total. The number of hydrogen-bond acceptors (Lipinski definition) is 3. The van der Waals surface area contributed by atoms with Gasteiger partial charge in [-0.3, -0.25) is 4.90 Å². The molecule has 1 aromatic rings. The molecule has 110 valence electrons. The Balaban J connectivity index is 0.00000180. The van der Waals surface area contributed by atoms with Gasteiger partial charge >= 0.3 is 6.18 Å². The molecule has 0 saturated carbocycles. The molecule has 1 N–H and O–H groups in total. The number of halogens is 4. The minimum atomic E-state index is -4.22. The summed E-state index contributed by atoms with van der Waals surface area (Å²) >= 11 is 0.850. The summed E-state index contributed by atoms with van der Waals surface area (Å²) in [5, 5.41) is 3.36. The van der Waals surface area contributed by atoms with Crippen molar-refractivity contribution in [3.8, 4) is 0 Å². The molecule has 0 amide bonds. The van der Waals surface area contributed by atoms with Gasteiger partial charge in [-0.15, -0.1) is 23.7 Å². The second-order valence-corrected chi connectivity index (χ2v) is 5.89. The molecule has 1 aliphatic heterocycles. The van der Waals surface area contributed by atoms with Crippen LogP contribution in [0.25, 0.3) is 0 Å². The molecule has 2 rings (SSSR count). The molecule has 1 fully saturated rings. The zero-order valence-electron chi connectivity index (χ0n) is 10.8. The molecular formula is C12H18ClF3N2S. The third-order valence-corrected chi connectivity index (χ3v) is 4.58. The normalized spacial score (nSPS) is 25.1. The SMILES string of the molecule is CC1NCCN(Cc2ccc(C(F)(F)F)s2)C1C.Cl. The van der Waals surface area contributed by atoms with Gasteiger partial charge in [-0.1, -0.05) is 0 Å². The number of nitrogens with zero attached hydrogens (tertiary/aromatic N) is 1. The van der Waals surface area contributed by atoms with Gasteiger partial charge in [0.05, 0.1) is 0 Å². The quantitative estimate of drug-likeness (QED) is 0.900. The van der Waals surface area contributed by atoms with E-state index in [-0.39, 0.29) is 12.4 Å². The van der Waals surface area contributed by atoms with Gasteiger partial charge in [0.2, 0.25) is 0 Å². The Hall–Kier alpha value is -0.300. The summed E-state index contributed by atoms with van der Waals surface area (Å²) in [7, 11) is 0. The van der Waals surface area contributed by atoms with Crippen LogP contribution in [0.3, 0.4) is 0 Å². The van der Waals surface area contributed by atoms with Crippen LogP contribution in [0.15, 0.2) is 12.1 Å². The Morgan fingerprint density at radius 3 is 2.63 bits per heavy atom. The van der Waals surface area contributed by atoms with E-state index in [0.29, 0.717) is 18.6 Å². The molecule has 0 spiro atoms. The highest BCUT2D eigenvalue weighted by atomic mass is 35.5. The van der Waals surface area contributed by atoms with Crippen molar-refractivity contribution in [2.24, 2.45) is 0 Å². The minimum Gasteiger partial charge on any atom is -0.311 e. The maximum absolute atomic E-state index is 12.5. The van der Waals surface area contributed by atoms with Gasteiger partial charge in [0.25, 0.3) is 0 Å². The van der Waals surface area contributed by atoms with Crippen LogP contribution in [0.4, 0.5) is 13.2 Å².